The number of hydrogen-bond donors (Lipinski definition) is 5. The van der Waals surface area contributed by atoms with E-state index in [0.29, 0.717) is 70.3 Å². The zero-order chi connectivity index (χ0) is 36.4. The summed E-state index contributed by atoms with van der Waals surface area (Å²) in [5, 5.41) is 14.1. The zero-order valence-corrected chi connectivity index (χ0v) is 31.8. The third-order valence-electron chi connectivity index (χ3n) is 5.22. The van der Waals surface area contributed by atoms with E-state index in [-0.39, 0.29) is 15.7 Å². The molecular formula is C29H34Cl7N11O2. The molecule has 0 bridgehead atoms. The molecule has 1 aromatic carbocycles. The first kappa shape index (κ1) is 42.3. The Labute approximate surface area is 319 Å². The Morgan fingerprint density at radius 3 is 1.86 bits per heavy atom. The highest BCUT2D eigenvalue weighted by Crippen LogP contribution is 2.23. The Hall–Kier alpha value is -2.88. The van der Waals surface area contributed by atoms with Crippen LogP contribution in [0.5, 0.6) is 0 Å². The van der Waals surface area contributed by atoms with E-state index < -0.39 is 11.7 Å². The molecule has 20 heteroatoms. The molecule has 6 N–H and O–H groups in total. The summed E-state index contributed by atoms with van der Waals surface area (Å²) < 4.78 is 5.11. The number of ether oxygens (including phenoxy) is 1. The van der Waals surface area contributed by atoms with Crippen molar-refractivity contribution in [1.29, 1.82) is 0 Å². The number of amides is 1. The second-order valence-corrected chi connectivity index (χ2v) is 13.1. The molecule has 0 saturated heterocycles. The number of nitrogens with zero attached hydrogens (tertiary/aromatic N) is 6. The number of nitrogens with one attached hydrogen (secondary N) is 4. The largest absolute Gasteiger partial charge is 0.444 e. The molecule has 0 radical (unpaired) electrons. The zero-order valence-electron chi connectivity index (χ0n) is 26.5. The van der Waals surface area contributed by atoms with Crippen LogP contribution in [0.25, 0.3) is 0 Å². The molecule has 4 rings (SSSR count). The van der Waals surface area contributed by atoms with Crippen molar-refractivity contribution >= 4 is 111 Å². The maximum Gasteiger partial charge on any atom is 0.407 e. The van der Waals surface area contributed by atoms with Crippen molar-refractivity contribution in [1.82, 2.24) is 35.2 Å². The molecule has 4 aromatic rings. The van der Waals surface area contributed by atoms with Gasteiger partial charge in [0.15, 0.2) is 5.15 Å². The van der Waals surface area contributed by atoms with Crippen molar-refractivity contribution in [3.8, 4) is 0 Å². The summed E-state index contributed by atoms with van der Waals surface area (Å²) in [5.74, 6) is 1.53. The molecule has 0 aliphatic heterocycles. The third-order valence-corrected chi connectivity index (χ3v) is 7.05. The molecule has 266 valence electrons. The molecule has 49 heavy (non-hydrogen) atoms. The lowest BCUT2D eigenvalue weighted by atomic mass is 10.2. The fourth-order valence-electron chi connectivity index (χ4n) is 3.12. The predicted molar refractivity (Wildman–Crippen MR) is 200 cm³/mol. The van der Waals surface area contributed by atoms with Crippen molar-refractivity contribution in [3.05, 3.63) is 78.7 Å². The summed E-state index contributed by atoms with van der Waals surface area (Å²) in [5.41, 5.74) is 5.81. The molecule has 0 spiro atoms. The van der Waals surface area contributed by atoms with Gasteiger partial charge < -0.3 is 31.7 Å². The molecular weight excluding hydrogens is 783 g/mol. The lowest BCUT2D eigenvalue weighted by molar-refractivity contribution is 0.0527. The number of carbonyl (C=O) groups is 1. The molecule has 0 unspecified atom stereocenters. The van der Waals surface area contributed by atoms with Gasteiger partial charge in [-0.15, -0.1) is 0 Å². The standard InChI is InChI=1S/C13H15Cl2N5.C12H18Cl2N4O2.C4HCl3N2/c14-9-2-4-10(5-3-9)19-13-18-8-11(15)12(20-13)17-7-1-6-16;1-12(2,3)20-11(19)16-6-4-5-15-9-8(13)7-17-10(14)18-9;5-2-1-8-4(7)9-3(2)6/h2-5,8H,1,6-7,16H2,(H2,17,18,19,20);7H,4-6H2,1-3H3,(H,16,19)(H,15,17,18);1H. The van der Waals surface area contributed by atoms with E-state index in [9.17, 15) is 4.79 Å². The van der Waals surface area contributed by atoms with Crippen molar-refractivity contribution in [2.45, 2.75) is 39.2 Å². The lowest BCUT2D eigenvalue weighted by Crippen LogP contribution is -2.33. The first-order valence-electron chi connectivity index (χ1n) is 14.4. The van der Waals surface area contributed by atoms with E-state index in [4.69, 9.17) is 91.7 Å². The Balaban J connectivity index is 0.000000273. The Morgan fingerprint density at radius 2 is 1.29 bits per heavy atom. The number of benzene rings is 1. The summed E-state index contributed by atoms with van der Waals surface area (Å²) in [6, 6.07) is 7.28. The van der Waals surface area contributed by atoms with E-state index in [1.54, 1.807) is 18.3 Å². The number of carbonyl (C=O) groups excluding carboxylic acids is 1. The monoisotopic (exact) mass is 813 g/mol. The maximum atomic E-state index is 11.4. The topological polar surface area (TPSA) is 178 Å². The first-order valence-corrected chi connectivity index (χ1v) is 17.0. The van der Waals surface area contributed by atoms with Crippen LogP contribution in [0.1, 0.15) is 33.6 Å². The van der Waals surface area contributed by atoms with E-state index in [0.717, 1.165) is 12.1 Å². The summed E-state index contributed by atoms with van der Waals surface area (Å²) >= 11 is 39.7. The molecule has 0 atom stereocenters. The van der Waals surface area contributed by atoms with E-state index in [2.05, 4.69) is 51.2 Å². The smallest absolute Gasteiger partial charge is 0.407 e. The van der Waals surface area contributed by atoms with Crippen LogP contribution in [0.2, 0.25) is 35.8 Å². The van der Waals surface area contributed by atoms with Crippen LogP contribution in [0, 0.1) is 0 Å². The molecule has 0 fully saturated rings. The SMILES string of the molecule is CC(C)(C)OC(=O)NCCCNc1nc(Cl)ncc1Cl.Clc1ncc(Cl)c(Cl)n1.NCCCNc1nc(Nc2ccc(Cl)cc2)ncc1Cl. The average molecular weight is 817 g/mol. The normalized spacial score (nSPS) is 10.5. The van der Waals surface area contributed by atoms with Crippen LogP contribution in [0.4, 0.5) is 28.1 Å². The van der Waals surface area contributed by atoms with Gasteiger partial charge in [-0.1, -0.05) is 58.0 Å². The van der Waals surface area contributed by atoms with E-state index in [1.165, 1.54) is 12.4 Å². The van der Waals surface area contributed by atoms with Crippen LogP contribution in [0.3, 0.4) is 0 Å². The van der Waals surface area contributed by atoms with Crippen LogP contribution in [0.15, 0.2) is 42.9 Å². The first-order chi connectivity index (χ1) is 23.2. The molecule has 3 heterocycles. The van der Waals surface area contributed by atoms with Crippen LogP contribution < -0.4 is 27.0 Å². The number of halogens is 7. The van der Waals surface area contributed by atoms with Crippen molar-refractivity contribution in [2.24, 2.45) is 5.73 Å². The van der Waals surface area contributed by atoms with Crippen molar-refractivity contribution in [2.75, 3.05) is 42.1 Å². The van der Waals surface area contributed by atoms with Crippen LogP contribution >= 0.6 is 81.2 Å². The van der Waals surface area contributed by atoms with E-state index >= 15 is 0 Å². The fraction of sp³-hybridized carbons (Fsp3) is 0.345. The third kappa shape index (κ3) is 18.1. The molecule has 0 saturated carbocycles. The Kier molecular flexibility index (Phi) is 19.0. The second-order valence-electron chi connectivity index (χ2n) is 10.4. The highest BCUT2D eigenvalue weighted by Gasteiger charge is 2.15. The van der Waals surface area contributed by atoms with Gasteiger partial charge in [-0.25, -0.2) is 24.7 Å². The second kappa shape index (κ2) is 22.0. The molecule has 0 aliphatic carbocycles. The summed E-state index contributed by atoms with van der Waals surface area (Å²) in [6.07, 6.45) is 5.44. The van der Waals surface area contributed by atoms with Gasteiger partial charge in [0.25, 0.3) is 0 Å². The number of anilines is 4. The number of nitrogens with two attached hydrogens (primary N) is 1. The van der Waals surface area contributed by atoms with Crippen LogP contribution in [-0.2, 0) is 4.74 Å². The van der Waals surface area contributed by atoms with E-state index in [1.807, 2.05) is 32.9 Å². The van der Waals surface area contributed by atoms with Gasteiger partial charge in [-0.2, -0.15) is 9.97 Å². The molecule has 3 aromatic heterocycles. The van der Waals surface area contributed by atoms with Gasteiger partial charge in [0.05, 0.1) is 23.6 Å². The highest BCUT2D eigenvalue weighted by atomic mass is 35.5. The van der Waals surface area contributed by atoms with Gasteiger partial charge in [-0.3, -0.25) is 0 Å². The average Bonchev–Trinajstić information content (AvgIpc) is 3.03. The van der Waals surface area contributed by atoms with Crippen molar-refractivity contribution < 1.29 is 9.53 Å². The number of rotatable bonds is 11. The lowest BCUT2D eigenvalue weighted by Gasteiger charge is -2.19. The minimum atomic E-state index is -0.492. The molecule has 0 aliphatic rings. The summed E-state index contributed by atoms with van der Waals surface area (Å²) in [4.78, 5) is 34.7. The van der Waals surface area contributed by atoms with Gasteiger partial charge in [0.1, 0.15) is 27.3 Å². The summed E-state index contributed by atoms with van der Waals surface area (Å²) in [7, 11) is 0. The van der Waals surface area contributed by atoms with Gasteiger partial charge >= 0.3 is 6.09 Å². The number of hydrogen-bond acceptors (Lipinski definition) is 12. The van der Waals surface area contributed by atoms with Gasteiger partial charge in [0.2, 0.25) is 16.5 Å². The Bertz CT molecular complexity index is 1610. The van der Waals surface area contributed by atoms with Crippen molar-refractivity contribution in [3.63, 3.8) is 0 Å². The fourth-order valence-corrected chi connectivity index (χ4v) is 4.09. The highest BCUT2D eigenvalue weighted by molar-refractivity contribution is 6.41. The maximum absolute atomic E-state index is 11.4. The number of aromatic nitrogens is 6. The van der Waals surface area contributed by atoms with Crippen LogP contribution in [-0.4, -0.2) is 67.8 Å². The molecule has 1 amide bonds. The van der Waals surface area contributed by atoms with Gasteiger partial charge in [0, 0.05) is 30.3 Å². The number of alkyl carbamates (subject to hydrolysis) is 1. The van der Waals surface area contributed by atoms with Gasteiger partial charge in [-0.05, 0) is 87.6 Å². The Morgan fingerprint density at radius 1 is 0.735 bits per heavy atom. The minimum Gasteiger partial charge on any atom is -0.444 e. The molecule has 13 nitrogen and oxygen atoms in total. The summed E-state index contributed by atoms with van der Waals surface area (Å²) in [6.45, 7) is 7.85. The minimum absolute atomic E-state index is 0.101. The quantitative estimate of drug-likeness (QED) is 0.0553. The predicted octanol–water partition coefficient (Wildman–Crippen LogP) is 8.83.